The number of primary amides is 1. The minimum absolute atomic E-state index is 0.340. The fourth-order valence-electron chi connectivity index (χ4n) is 5.24. The van der Waals surface area contributed by atoms with Crippen LogP contribution in [0.25, 0.3) is 0 Å². The van der Waals surface area contributed by atoms with Crippen LogP contribution in [0, 0.1) is 30.6 Å². The molecule has 2 aliphatic rings. The minimum Gasteiger partial charge on any atom is -0.371 e. The molecule has 2 aromatic carbocycles. The molecule has 3 amide bonds. The maximum Gasteiger partial charge on any atom is 0.417 e. The van der Waals surface area contributed by atoms with E-state index in [-0.39, 0.29) is 5.41 Å². The van der Waals surface area contributed by atoms with Crippen LogP contribution in [0.4, 0.5) is 29.3 Å². The first kappa shape index (κ1) is 25.4. The number of hydrogen-bond donors (Lipinski definition) is 2. The molecule has 2 heterocycles. The van der Waals surface area contributed by atoms with Crippen molar-refractivity contribution in [1.29, 1.82) is 5.26 Å². The van der Waals surface area contributed by atoms with Crippen LogP contribution < -0.4 is 16.0 Å². The van der Waals surface area contributed by atoms with Crippen LogP contribution >= 0.6 is 0 Å². The number of alkyl halides is 3. The molecular weight excluding hydrogens is 471 g/mol. The number of amides is 3. The van der Waals surface area contributed by atoms with E-state index in [4.69, 9.17) is 11.0 Å². The number of aryl methyl sites for hydroxylation is 2. The van der Waals surface area contributed by atoms with E-state index in [1.165, 1.54) is 17.0 Å². The van der Waals surface area contributed by atoms with Gasteiger partial charge in [-0.15, -0.1) is 0 Å². The van der Waals surface area contributed by atoms with Gasteiger partial charge in [-0.1, -0.05) is 12.1 Å². The van der Waals surface area contributed by atoms with E-state index < -0.39 is 35.3 Å². The number of benzene rings is 2. The summed E-state index contributed by atoms with van der Waals surface area (Å²) in [5, 5.41) is 11.9. The highest BCUT2D eigenvalue weighted by atomic mass is 19.4. The summed E-state index contributed by atoms with van der Waals surface area (Å²) in [6, 6.07) is 9.90. The first-order chi connectivity index (χ1) is 16.9. The summed E-state index contributed by atoms with van der Waals surface area (Å²) < 4.78 is 40.2. The lowest BCUT2D eigenvalue weighted by atomic mass is 9.76. The lowest BCUT2D eigenvalue weighted by molar-refractivity contribution is -0.137. The topological polar surface area (TPSA) is 102 Å². The van der Waals surface area contributed by atoms with Gasteiger partial charge in [0.1, 0.15) is 6.04 Å². The number of nitrogens with one attached hydrogen (secondary N) is 1. The normalized spacial score (nSPS) is 19.3. The molecule has 0 aromatic heterocycles. The van der Waals surface area contributed by atoms with Gasteiger partial charge in [0.15, 0.2) is 0 Å². The Hall–Kier alpha value is -3.74. The number of halogens is 3. The van der Waals surface area contributed by atoms with Crippen molar-refractivity contribution in [3.63, 3.8) is 0 Å². The van der Waals surface area contributed by atoms with Gasteiger partial charge in [0, 0.05) is 31.0 Å². The van der Waals surface area contributed by atoms with Crippen LogP contribution in [0.3, 0.4) is 0 Å². The fraction of sp³-hybridized carbons (Fsp3) is 0.423. The van der Waals surface area contributed by atoms with Crippen molar-refractivity contribution in [3.8, 4) is 6.07 Å². The Labute approximate surface area is 207 Å². The van der Waals surface area contributed by atoms with Crippen molar-refractivity contribution in [2.45, 2.75) is 45.3 Å². The number of carbonyl (C=O) groups excluding carboxylic acids is 2. The Morgan fingerprint density at radius 1 is 1.14 bits per heavy atom. The number of hydrogen-bond acceptors (Lipinski definition) is 4. The molecule has 2 aliphatic heterocycles. The molecule has 0 bridgehead atoms. The first-order valence-electron chi connectivity index (χ1n) is 11.7. The van der Waals surface area contributed by atoms with Crippen LogP contribution in [0.2, 0.25) is 0 Å². The van der Waals surface area contributed by atoms with Gasteiger partial charge in [-0.2, -0.15) is 18.4 Å². The van der Waals surface area contributed by atoms with E-state index in [0.29, 0.717) is 50.3 Å². The zero-order chi connectivity index (χ0) is 26.3. The monoisotopic (exact) mass is 499 g/mol. The van der Waals surface area contributed by atoms with Crippen LogP contribution in [0.15, 0.2) is 36.4 Å². The Morgan fingerprint density at radius 2 is 1.83 bits per heavy atom. The maximum atomic E-state index is 13.4. The summed E-state index contributed by atoms with van der Waals surface area (Å²) in [6.45, 7) is 5.06. The largest absolute Gasteiger partial charge is 0.417 e. The highest BCUT2D eigenvalue weighted by Gasteiger charge is 2.49. The predicted molar refractivity (Wildman–Crippen MR) is 129 cm³/mol. The summed E-state index contributed by atoms with van der Waals surface area (Å²) >= 11 is 0. The van der Waals surface area contributed by atoms with E-state index in [0.717, 1.165) is 17.2 Å². The molecule has 2 saturated heterocycles. The molecule has 1 atom stereocenters. The molecule has 4 rings (SSSR count). The Kier molecular flexibility index (Phi) is 6.60. The van der Waals surface area contributed by atoms with Crippen molar-refractivity contribution in [2.24, 2.45) is 11.1 Å². The number of anilines is 2. The molecule has 7 nitrogen and oxygen atoms in total. The van der Waals surface area contributed by atoms with E-state index in [1.807, 2.05) is 36.9 Å². The Balaban J connectivity index is 1.49. The number of carbonyl (C=O) groups is 2. The average Bonchev–Trinajstić information content (AvgIpc) is 3.20. The number of likely N-dealkylation sites (tertiary alicyclic amines) is 1. The fourth-order valence-corrected chi connectivity index (χ4v) is 5.24. The van der Waals surface area contributed by atoms with Gasteiger partial charge in [-0.3, -0.25) is 4.79 Å². The average molecular weight is 500 g/mol. The molecule has 0 aliphatic carbocycles. The van der Waals surface area contributed by atoms with Crippen LogP contribution in [-0.2, 0) is 11.0 Å². The molecular formula is C26H28F3N5O2. The first-order valence-corrected chi connectivity index (χ1v) is 11.7. The van der Waals surface area contributed by atoms with E-state index in [1.54, 1.807) is 6.07 Å². The number of piperidine rings is 1. The number of nitriles is 1. The van der Waals surface area contributed by atoms with Gasteiger partial charge in [0.25, 0.3) is 0 Å². The molecule has 1 unspecified atom stereocenters. The zero-order valence-electron chi connectivity index (χ0n) is 20.2. The Bertz CT molecular complexity index is 1230. The molecule has 190 valence electrons. The standard InChI is InChI=1S/C26H28F3N5O2/c1-16-3-4-17(2)21(11-16)32-24(36)34-15-25(13-22(34)23(31)35)7-9-33(10-8-25)19-6-5-18(14-30)20(12-19)26(27,28)29/h3-6,11-12,22H,7-10,13,15H2,1-2H3,(H2,31,35)(H,32,36). The van der Waals surface area contributed by atoms with Gasteiger partial charge >= 0.3 is 12.2 Å². The SMILES string of the molecule is Cc1ccc(C)c(NC(=O)N2CC3(CCN(c4ccc(C#N)c(C(F)(F)F)c4)CC3)CC2C(N)=O)c1. The number of rotatable bonds is 3. The number of nitrogens with two attached hydrogens (primary N) is 1. The van der Waals surface area contributed by atoms with Gasteiger partial charge in [0.2, 0.25) is 5.91 Å². The lowest BCUT2D eigenvalue weighted by Crippen LogP contribution is -2.46. The molecule has 1 spiro atoms. The second-order valence-electron chi connectivity index (χ2n) is 9.83. The minimum atomic E-state index is -4.62. The molecule has 10 heteroatoms. The second-order valence-corrected chi connectivity index (χ2v) is 9.83. The van der Waals surface area contributed by atoms with Crippen LogP contribution in [-0.4, -0.2) is 42.5 Å². The molecule has 36 heavy (non-hydrogen) atoms. The molecule has 2 aromatic rings. The van der Waals surface area contributed by atoms with Crippen molar-refractivity contribution >= 4 is 23.3 Å². The lowest BCUT2D eigenvalue weighted by Gasteiger charge is -2.40. The highest BCUT2D eigenvalue weighted by molar-refractivity contribution is 5.94. The van der Waals surface area contributed by atoms with E-state index in [2.05, 4.69) is 5.32 Å². The third kappa shape index (κ3) is 4.96. The smallest absolute Gasteiger partial charge is 0.371 e. The summed E-state index contributed by atoms with van der Waals surface area (Å²) in [7, 11) is 0. The van der Waals surface area contributed by atoms with Gasteiger partial charge in [-0.25, -0.2) is 4.79 Å². The predicted octanol–water partition coefficient (Wildman–Crippen LogP) is 4.57. The molecule has 2 fully saturated rings. The zero-order valence-corrected chi connectivity index (χ0v) is 20.2. The third-order valence-electron chi connectivity index (χ3n) is 7.35. The van der Waals surface area contributed by atoms with Crippen molar-refractivity contribution in [3.05, 3.63) is 58.7 Å². The summed E-state index contributed by atoms with van der Waals surface area (Å²) in [6.07, 6.45) is -3.03. The van der Waals surface area contributed by atoms with Gasteiger partial charge in [-0.05, 0) is 73.9 Å². The molecule has 0 saturated carbocycles. The van der Waals surface area contributed by atoms with Crippen LogP contribution in [0.5, 0.6) is 0 Å². The third-order valence-corrected chi connectivity index (χ3v) is 7.35. The maximum absolute atomic E-state index is 13.4. The Morgan fingerprint density at radius 3 is 2.44 bits per heavy atom. The highest BCUT2D eigenvalue weighted by Crippen LogP contribution is 2.45. The van der Waals surface area contributed by atoms with Gasteiger partial charge in [0.05, 0.1) is 17.2 Å². The number of urea groups is 1. The van der Waals surface area contributed by atoms with Crippen molar-refractivity contribution in [1.82, 2.24) is 4.90 Å². The van der Waals surface area contributed by atoms with Crippen molar-refractivity contribution in [2.75, 3.05) is 29.9 Å². The van der Waals surface area contributed by atoms with E-state index >= 15 is 0 Å². The molecule has 3 N–H and O–H groups in total. The van der Waals surface area contributed by atoms with Crippen LogP contribution in [0.1, 0.15) is 41.5 Å². The summed E-state index contributed by atoms with van der Waals surface area (Å²) in [4.78, 5) is 28.7. The van der Waals surface area contributed by atoms with Gasteiger partial charge < -0.3 is 20.9 Å². The summed E-state index contributed by atoms with van der Waals surface area (Å²) in [5.41, 5.74) is 6.89. The van der Waals surface area contributed by atoms with E-state index in [9.17, 15) is 22.8 Å². The number of nitrogens with zero attached hydrogens (tertiary/aromatic N) is 3. The summed E-state index contributed by atoms with van der Waals surface area (Å²) in [5.74, 6) is -0.577. The van der Waals surface area contributed by atoms with Crippen molar-refractivity contribution < 1.29 is 22.8 Å². The molecule has 0 radical (unpaired) electrons. The quantitative estimate of drug-likeness (QED) is 0.646. The second kappa shape index (κ2) is 9.37.